The van der Waals surface area contributed by atoms with Gasteiger partial charge in [0, 0.05) is 5.56 Å². The van der Waals surface area contributed by atoms with Crippen LogP contribution >= 0.6 is 0 Å². The summed E-state index contributed by atoms with van der Waals surface area (Å²) in [5, 5.41) is 14.1. The molecule has 0 spiro atoms. The lowest BCUT2D eigenvalue weighted by Gasteiger charge is -1.99. The molecule has 2 rings (SSSR count). The molecule has 0 aliphatic carbocycles. The van der Waals surface area contributed by atoms with Gasteiger partial charge in [-0.1, -0.05) is 30.3 Å². The van der Waals surface area contributed by atoms with E-state index < -0.39 is 4.92 Å². The lowest BCUT2D eigenvalue weighted by Crippen LogP contribution is -2.19. The van der Waals surface area contributed by atoms with Crippen LogP contribution in [0, 0.1) is 10.1 Å². The molecule has 0 saturated carbocycles. The summed E-state index contributed by atoms with van der Waals surface area (Å²) in [5.41, 5.74) is 3.61. The monoisotopic (exact) mass is 273 g/mol. The van der Waals surface area contributed by atoms with E-state index in [0.717, 1.165) is 5.56 Å². The van der Waals surface area contributed by atoms with Gasteiger partial charge in [0.1, 0.15) is 11.2 Å². The largest absolute Gasteiger partial charge is 0.433 e. The summed E-state index contributed by atoms with van der Waals surface area (Å²) in [4.78, 5) is 21.3. The number of nitrogens with zero attached hydrogens (tertiary/aromatic N) is 2. The molecule has 0 atom stereocenters. The first-order valence-corrected chi connectivity index (χ1v) is 5.74. The third kappa shape index (κ3) is 3.77. The normalized spacial score (nSPS) is 10.6. The maximum absolute atomic E-state index is 11.6. The van der Waals surface area contributed by atoms with Crippen LogP contribution in [0.3, 0.4) is 0 Å². The van der Waals surface area contributed by atoms with Crippen LogP contribution in [-0.2, 0) is 11.2 Å². The lowest BCUT2D eigenvalue weighted by atomic mass is 10.1. The summed E-state index contributed by atoms with van der Waals surface area (Å²) in [5.74, 6) is -0.646. The van der Waals surface area contributed by atoms with Gasteiger partial charge in [-0.3, -0.25) is 14.9 Å². The van der Waals surface area contributed by atoms with Gasteiger partial charge < -0.3 is 4.42 Å². The smallest absolute Gasteiger partial charge is 0.409 e. The van der Waals surface area contributed by atoms with E-state index in [-0.39, 0.29) is 18.2 Å². The van der Waals surface area contributed by atoms with Gasteiger partial charge in [0.15, 0.2) is 0 Å². The van der Waals surface area contributed by atoms with Crippen LogP contribution < -0.4 is 5.43 Å². The average molecular weight is 273 g/mol. The fourth-order valence-electron chi connectivity index (χ4n) is 1.50. The number of amides is 1. The van der Waals surface area contributed by atoms with Gasteiger partial charge in [0.2, 0.25) is 5.91 Å². The Bertz CT molecular complexity index is 634. The maximum Gasteiger partial charge on any atom is 0.433 e. The van der Waals surface area contributed by atoms with Crippen molar-refractivity contribution in [1.82, 2.24) is 5.43 Å². The van der Waals surface area contributed by atoms with Crippen LogP contribution in [-0.4, -0.2) is 17.0 Å². The molecule has 0 bridgehead atoms. The third-order valence-electron chi connectivity index (χ3n) is 2.40. The fraction of sp³-hybridized carbons (Fsp3) is 0.0769. The Morgan fingerprint density at radius 1 is 1.40 bits per heavy atom. The van der Waals surface area contributed by atoms with Gasteiger partial charge in [-0.25, -0.2) is 5.43 Å². The Balaban J connectivity index is 1.86. The minimum Gasteiger partial charge on any atom is -0.409 e. The van der Waals surface area contributed by atoms with Gasteiger partial charge in [-0.15, -0.1) is 0 Å². The van der Waals surface area contributed by atoms with Crippen molar-refractivity contribution >= 4 is 18.0 Å². The summed E-state index contributed by atoms with van der Waals surface area (Å²) >= 11 is 0. The first-order chi connectivity index (χ1) is 9.65. The van der Waals surface area contributed by atoms with Gasteiger partial charge in [-0.05, 0) is 5.56 Å². The third-order valence-corrected chi connectivity index (χ3v) is 2.40. The highest BCUT2D eigenvalue weighted by Gasteiger charge is 2.10. The molecule has 0 saturated heterocycles. The number of nitro groups is 1. The molecular weight excluding hydrogens is 262 g/mol. The minimum atomic E-state index is -0.647. The molecule has 1 amide bonds. The van der Waals surface area contributed by atoms with Crippen molar-refractivity contribution in [2.24, 2.45) is 5.10 Å². The SMILES string of the molecule is O=C(Cc1ccccc1)N/N=C\c1coc([N+](=O)[O-])c1. The summed E-state index contributed by atoms with van der Waals surface area (Å²) in [7, 11) is 0. The highest BCUT2D eigenvalue weighted by atomic mass is 16.6. The van der Waals surface area contributed by atoms with E-state index in [1.807, 2.05) is 30.3 Å². The molecule has 1 heterocycles. The average Bonchev–Trinajstić information content (AvgIpc) is 2.89. The number of hydrazone groups is 1. The molecule has 20 heavy (non-hydrogen) atoms. The number of carbonyl (C=O) groups is 1. The predicted molar refractivity (Wildman–Crippen MR) is 71.2 cm³/mol. The van der Waals surface area contributed by atoms with E-state index >= 15 is 0 Å². The number of hydrogen-bond donors (Lipinski definition) is 1. The maximum atomic E-state index is 11.6. The Labute approximate surface area is 114 Å². The second-order valence-corrected chi connectivity index (χ2v) is 3.93. The van der Waals surface area contributed by atoms with Crippen molar-refractivity contribution in [3.8, 4) is 0 Å². The van der Waals surface area contributed by atoms with Crippen molar-refractivity contribution < 1.29 is 14.1 Å². The molecule has 2 aromatic rings. The van der Waals surface area contributed by atoms with Crippen LogP contribution in [0.25, 0.3) is 0 Å². The van der Waals surface area contributed by atoms with Crippen LogP contribution in [0.2, 0.25) is 0 Å². The molecule has 0 fully saturated rings. The number of nitrogens with one attached hydrogen (secondary N) is 1. The second kappa shape index (κ2) is 6.28. The number of furan rings is 1. The minimum absolute atomic E-state index is 0.212. The molecular formula is C13H11N3O4. The zero-order valence-electron chi connectivity index (χ0n) is 10.4. The first-order valence-electron chi connectivity index (χ1n) is 5.74. The zero-order chi connectivity index (χ0) is 14.4. The van der Waals surface area contributed by atoms with Gasteiger partial charge in [0.25, 0.3) is 0 Å². The second-order valence-electron chi connectivity index (χ2n) is 3.93. The van der Waals surface area contributed by atoms with E-state index in [0.29, 0.717) is 5.56 Å². The number of rotatable bonds is 5. The summed E-state index contributed by atoms with van der Waals surface area (Å²) in [6, 6.07) is 10.4. The molecule has 1 N–H and O–H groups in total. The Morgan fingerprint density at radius 2 is 2.15 bits per heavy atom. The van der Waals surface area contributed by atoms with E-state index in [1.54, 1.807) is 0 Å². The van der Waals surface area contributed by atoms with Crippen molar-refractivity contribution in [1.29, 1.82) is 0 Å². The van der Waals surface area contributed by atoms with Gasteiger partial charge >= 0.3 is 5.88 Å². The van der Waals surface area contributed by atoms with Crippen LogP contribution in [0.1, 0.15) is 11.1 Å². The van der Waals surface area contributed by atoms with Crippen LogP contribution in [0.15, 0.2) is 52.2 Å². The molecule has 1 aromatic carbocycles. The molecule has 102 valence electrons. The van der Waals surface area contributed by atoms with Crippen molar-refractivity contribution in [3.63, 3.8) is 0 Å². The number of hydrogen-bond acceptors (Lipinski definition) is 5. The zero-order valence-corrected chi connectivity index (χ0v) is 10.4. The molecule has 7 heteroatoms. The van der Waals surface area contributed by atoms with E-state index in [9.17, 15) is 14.9 Å². The lowest BCUT2D eigenvalue weighted by molar-refractivity contribution is -0.402. The Morgan fingerprint density at radius 3 is 2.80 bits per heavy atom. The van der Waals surface area contributed by atoms with E-state index in [4.69, 9.17) is 0 Å². The summed E-state index contributed by atoms with van der Waals surface area (Å²) in [6.07, 6.45) is 2.67. The fourth-order valence-corrected chi connectivity index (χ4v) is 1.50. The topological polar surface area (TPSA) is 97.7 Å². The summed E-state index contributed by atoms with van der Waals surface area (Å²) < 4.78 is 4.68. The van der Waals surface area contributed by atoms with Crippen molar-refractivity contribution in [2.75, 3.05) is 0 Å². The van der Waals surface area contributed by atoms with Crippen LogP contribution in [0.4, 0.5) is 5.88 Å². The molecule has 1 aromatic heterocycles. The molecule has 0 aliphatic heterocycles. The van der Waals surface area contributed by atoms with Gasteiger partial charge in [0.05, 0.1) is 18.7 Å². The number of benzene rings is 1. The van der Waals surface area contributed by atoms with Crippen molar-refractivity contribution in [3.05, 3.63) is 63.9 Å². The number of carbonyl (C=O) groups excluding carboxylic acids is 1. The Hall–Kier alpha value is -2.96. The van der Waals surface area contributed by atoms with E-state index in [2.05, 4.69) is 14.9 Å². The standard InChI is InChI=1S/C13H11N3O4/c17-12(6-10-4-2-1-3-5-10)15-14-8-11-7-13(16(18)19)20-9-11/h1-5,7-9H,6H2,(H,15,17)/b14-8-. The molecule has 7 nitrogen and oxygen atoms in total. The van der Waals surface area contributed by atoms with Crippen LogP contribution in [0.5, 0.6) is 0 Å². The molecule has 0 radical (unpaired) electrons. The predicted octanol–water partition coefficient (Wildman–Crippen LogP) is 1.88. The Kier molecular flexibility index (Phi) is 4.23. The highest BCUT2D eigenvalue weighted by Crippen LogP contribution is 2.13. The first kappa shape index (κ1) is 13.5. The van der Waals surface area contributed by atoms with E-state index in [1.165, 1.54) is 18.5 Å². The highest BCUT2D eigenvalue weighted by molar-refractivity contribution is 5.83. The summed E-state index contributed by atoms with van der Waals surface area (Å²) in [6.45, 7) is 0. The molecule has 0 aliphatic rings. The quantitative estimate of drug-likeness (QED) is 0.511. The van der Waals surface area contributed by atoms with Crippen molar-refractivity contribution in [2.45, 2.75) is 6.42 Å². The van der Waals surface area contributed by atoms with Gasteiger partial charge in [-0.2, -0.15) is 5.10 Å². The molecule has 0 unspecified atom stereocenters.